The standard InChI is InChI=1S/C74H89N13O15/c1-5-96-38-39-98-33-28-85-29-34-99-41-40-97-32-26-77-58-17-9-48(2)43-62(58)100-35-30-86(31-36-101-63-44-49(3)10-20-60(63)85)61-21-11-50(45-64(61)102-42-37-95-4)23-24-76-57-18-16-56-66-54(57)7-6-8-55(66)71(91)87(72(56)92)27-25-78-65(88)22-19-59(73(93)94)82-69(89)51-12-14-52(15-13-51)79-46-53-47-80-68-67(81-53)70(90)84-74(75)83-68/h6-18,20-21,43-45,47,59,76-77,79H,5,19,22-42,46H2,1-4H3,(H,78,88)(H,82,89)(H,93,94)(H3,75,80,83,84,90). The summed E-state index contributed by atoms with van der Waals surface area (Å²) in [5, 5.41) is 26.5. The molecule has 0 radical (unpaired) electrons. The van der Waals surface area contributed by atoms with E-state index in [0.29, 0.717) is 164 Å². The van der Waals surface area contributed by atoms with Crippen molar-refractivity contribution in [2.45, 2.75) is 52.6 Å². The first-order valence-electron chi connectivity index (χ1n) is 34.2. The average Bonchev–Trinajstić information content (AvgIpc) is 0.741. The summed E-state index contributed by atoms with van der Waals surface area (Å²) in [6.07, 6.45) is 1.50. The van der Waals surface area contributed by atoms with Gasteiger partial charge in [0.1, 0.15) is 43.1 Å². The van der Waals surface area contributed by atoms with Crippen molar-refractivity contribution < 1.29 is 67.0 Å². The van der Waals surface area contributed by atoms with Gasteiger partial charge < -0.3 is 85.1 Å². The zero-order chi connectivity index (χ0) is 71.7. The number of aryl methyl sites for hydroxylation is 2. The molecule has 28 nitrogen and oxygen atoms in total. The Morgan fingerprint density at radius 1 is 0.735 bits per heavy atom. The fourth-order valence-electron chi connectivity index (χ4n) is 11.8. The zero-order valence-electron chi connectivity index (χ0n) is 57.9. The maximum Gasteiger partial charge on any atom is 0.326 e. The first kappa shape index (κ1) is 74.1. The highest BCUT2D eigenvalue weighted by Gasteiger charge is 2.34. The van der Waals surface area contributed by atoms with Gasteiger partial charge in [-0.2, -0.15) is 4.98 Å². The highest BCUT2D eigenvalue weighted by molar-refractivity contribution is 6.26. The van der Waals surface area contributed by atoms with E-state index in [1.807, 2.05) is 57.2 Å². The lowest BCUT2D eigenvalue weighted by molar-refractivity contribution is -0.139. The first-order chi connectivity index (χ1) is 49.6. The van der Waals surface area contributed by atoms with E-state index in [0.717, 1.165) is 55.8 Å². The molecule has 6 aromatic carbocycles. The summed E-state index contributed by atoms with van der Waals surface area (Å²) in [5.41, 5.74) is 13.5. The second-order valence-electron chi connectivity index (χ2n) is 24.2. The minimum absolute atomic E-state index is 0.0292. The number of amides is 4. The van der Waals surface area contributed by atoms with E-state index in [2.05, 4.69) is 86.7 Å². The van der Waals surface area contributed by atoms with Gasteiger partial charge in [0.15, 0.2) is 11.2 Å². The van der Waals surface area contributed by atoms with Crippen LogP contribution < -0.4 is 61.9 Å². The maximum absolute atomic E-state index is 14.1. The molecule has 2 aliphatic rings. The normalized spacial score (nSPS) is 14.3. The van der Waals surface area contributed by atoms with Crippen molar-refractivity contribution in [2.75, 3.05) is 170 Å². The topological polar surface area (TPSA) is 347 Å². The quantitative estimate of drug-likeness (QED) is 0.0180. The van der Waals surface area contributed by atoms with Crippen molar-refractivity contribution in [3.8, 4) is 17.2 Å². The summed E-state index contributed by atoms with van der Waals surface area (Å²) < 4.78 is 48.9. The predicted octanol–water partition coefficient (Wildman–Crippen LogP) is 7.02. The second kappa shape index (κ2) is 37.1. The number of methoxy groups -OCH3 is 1. The van der Waals surface area contributed by atoms with Crippen LogP contribution in [0.15, 0.2) is 120 Å². The smallest absolute Gasteiger partial charge is 0.326 e. The number of carbonyl (C=O) groups is 5. The van der Waals surface area contributed by atoms with E-state index >= 15 is 0 Å². The van der Waals surface area contributed by atoms with Crippen LogP contribution in [0.1, 0.15) is 73.2 Å². The molecule has 0 saturated heterocycles. The van der Waals surface area contributed by atoms with Crippen LogP contribution in [0, 0.1) is 13.8 Å². The summed E-state index contributed by atoms with van der Waals surface area (Å²) in [5.74, 6) is -1.55. The van der Waals surface area contributed by atoms with Crippen LogP contribution >= 0.6 is 0 Å². The average molecular weight is 1400 g/mol. The number of aromatic nitrogens is 4. The van der Waals surface area contributed by atoms with Crippen LogP contribution in [0.25, 0.3) is 21.9 Å². The van der Waals surface area contributed by atoms with Crippen molar-refractivity contribution >= 4 is 85.9 Å². The minimum Gasteiger partial charge on any atom is -0.490 e. The van der Waals surface area contributed by atoms with E-state index < -0.39 is 41.2 Å². The lowest BCUT2D eigenvalue weighted by atomic mass is 9.93. The van der Waals surface area contributed by atoms with Crippen molar-refractivity contribution in [3.63, 3.8) is 0 Å². The minimum atomic E-state index is -1.41. The molecule has 9 N–H and O–H groups in total. The van der Waals surface area contributed by atoms with E-state index in [1.165, 1.54) is 18.3 Å². The number of hydrogen-bond acceptors (Lipinski definition) is 23. The SMILES string of the molecule is CCOCCOCCN1CCOCCOCCNc2ccc(C)cc2OCCN(c2ccc(CCNc3ccc4c5c(cccc35)C(=O)N(CCNC(=O)CCC(NC(=O)c3ccc(NCc5cnc6nc(N)[nH]c(=O)c6n5)cc3)C(=O)O)C4=O)cc2OCCOC)CCOc2cc(C)ccc21. The molecule has 4 amide bonds. The largest absolute Gasteiger partial charge is 0.490 e. The van der Waals surface area contributed by atoms with E-state index in [-0.39, 0.29) is 55.2 Å². The summed E-state index contributed by atoms with van der Waals surface area (Å²) >= 11 is 0. The van der Waals surface area contributed by atoms with Crippen LogP contribution in [0.2, 0.25) is 0 Å². The number of imide groups is 1. The van der Waals surface area contributed by atoms with Gasteiger partial charge in [-0.15, -0.1) is 0 Å². The second-order valence-corrected chi connectivity index (χ2v) is 24.2. The lowest BCUT2D eigenvalue weighted by Crippen LogP contribution is -2.45. The van der Waals surface area contributed by atoms with E-state index in [4.69, 9.17) is 43.6 Å². The Kier molecular flexibility index (Phi) is 27.0. The number of aromatic amines is 1. The van der Waals surface area contributed by atoms with Gasteiger partial charge >= 0.3 is 5.97 Å². The van der Waals surface area contributed by atoms with Crippen LogP contribution in [0.5, 0.6) is 17.2 Å². The summed E-state index contributed by atoms with van der Waals surface area (Å²) in [6.45, 7) is 14.5. The van der Waals surface area contributed by atoms with Gasteiger partial charge in [0.25, 0.3) is 23.3 Å². The van der Waals surface area contributed by atoms with Gasteiger partial charge in [-0.25, -0.2) is 14.8 Å². The maximum atomic E-state index is 14.1. The summed E-state index contributed by atoms with van der Waals surface area (Å²) in [6, 6.07) is 32.2. The van der Waals surface area contributed by atoms with Gasteiger partial charge in [-0.05, 0) is 129 Å². The van der Waals surface area contributed by atoms with Crippen molar-refractivity contribution in [1.82, 2.24) is 35.5 Å². The summed E-state index contributed by atoms with van der Waals surface area (Å²) in [4.78, 5) is 99.4. The number of fused-ring (bicyclic) bond motifs is 3. The lowest BCUT2D eigenvalue weighted by Gasteiger charge is -2.29. The fraction of sp³-hybridized carbons (Fsp3) is 0.392. The number of benzene rings is 6. The fourth-order valence-corrected chi connectivity index (χ4v) is 11.8. The van der Waals surface area contributed by atoms with E-state index in [1.54, 1.807) is 37.4 Å². The van der Waals surface area contributed by atoms with Gasteiger partial charge in [-0.1, -0.05) is 30.3 Å². The molecule has 0 spiro atoms. The number of H-pyrrole nitrogens is 1. The zero-order valence-corrected chi connectivity index (χ0v) is 57.9. The number of carboxylic acids is 1. The molecule has 10 rings (SSSR count). The molecule has 102 heavy (non-hydrogen) atoms. The monoisotopic (exact) mass is 1400 g/mol. The third-order valence-electron chi connectivity index (χ3n) is 17.0. The number of anilines is 6. The summed E-state index contributed by atoms with van der Waals surface area (Å²) in [7, 11) is 1.63. The molecule has 2 aliphatic heterocycles. The van der Waals surface area contributed by atoms with Gasteiger partial charge in [0.05, 0.1) is 101 Å². The van der Waals surface area contributed by atoms with Crippen LogP contribution in [-0.2, 0) is 46.2 Å². The molecule has 0 aliphatic carbocycles. The van der Waals surface area contributed by atoms with Gasteiger partial charge in [0.2, 0.25) is 11.9 Å². The number of carboxylic acid groups (broad SMARTS) is 1. The van der Waals surface area contributed by atoms with Gasteiger partial charge in [0, 0.05) is 98.2 Å². The number of aliphatic carboxylic acids is 1. The number of nitrogens with one attached hydrogen (secondary N) is 6. The highest BCUT2D eigenvalue weighted by atomic mass is 16.5. The third kappa shape index (κ3) is 20.3. The van der Waals surface area contributed by atoms with Crippen molar-refractivity contribution in [2.24, 2.45) is 0 Å². The molecule has 1 unspecified atom stereocenters. The van der Waals surface area contributed by atoms with Crippen LogP contribution in [0.4, 0.5) is 34.4 Å². The number of nitrogens with two attached hydrogens (primary N) is 1. The Morgan fingerprint density at radius 3 is 2.26 bits per heavy atom. The molecule has 2 aromatic heterocycles. The number of ether oxygens (including phenoxy) is 8. The highest BCUT2D eigenvalue weighted by Crippen LogP contribution is 2.36. The molecule has 8 aromatic rings. The molecule has 4 heterocycles. The molecule has 0 saturated carbocycles. The molecule has 540 valence electrons. The molecule has 0 fully saturated rings. The molecule has 28 heteroatoms. The molecular formula is C74H89N13O15. The molecule has 0 bridgehead atoms. The number of hydrogen-bond donors (Lipinski definition) is 8. The van der Waals surface area contributed by atoms with E-state index in [9.17, 15) is 33.9 Å². The van der Waals surface area contributed by atoms with Crippen molar-refractivity contribution in [3.05, 3.63) is 165 Å². The number of nitrogens with zero attached hydrogens (tertiary/aromatic N) is 6. The number of carbonyl (C=O) groups excluding carboxylic acids is 4. The molecular weight excluding hydrogens is 1310 g/mol. The Hall–Kier alpha value is -10.7. The Morgan fingerprint density at radius 2 is 1.48 bits per heavy atom. The molecule has 1 atom stereocenters. The first-order valence-corrected chi connectivity index (χ1v) is 34.2. The van der Waals surface area contributed by atoms with Crippen LogP contribution in [0.3, 0.4) is 0 Å². The predicted molar refractivity (Wildman–Crippen MR) is 388 cm³/mol. The van der Waals surface area contributed by atoms with Gasteiger partial charge in [-0.3, -0.25) is 33.9 Å². The Balaban J connectivity index is 0.757. The third-order valence-corrected chi connectivity index (χ3v) is 17.0. The Labute approximate surface area is 590 Å². The van der Waals surface area contributed by atoms with Crippen LogP contribution in [-0.4, -0.2) is 204 Å². The Bertz CT molecular complexity index is 4230. The van der Waals surface area contributed by atoms with Crippen molar-refractivity contribution in [1.29, 1.82) is 0 Å². The number of nitrogen functional groups attached to an aromatic ring is 1. The number of rotatable bonds is 28.